The number of aromatic amines is 1. The van der Waals surface area contributed by atoms with E-state index in [2.05, 4.69) is 10.2 Å². The smallest absolute Gasteiger partial charge is 0.273 e. The minimum absolute atomic E-state index is 0.0609. The van der Waals surface area contributed by atoms with Crippen molar-refractivity contribution in [3.05, 3.63) is 68.5 Å². The second-order valence-electron chi connectivity index (χ2n) is 5.05. The van der Waals surface area contributed by atoms with Gasteiger partial charge in [0.05, 0.1) is 33.4 Å². The summed E-state index contributed by atoms with van der Waals surface area (Å²) >= 11 is 0. The molecule has 2 N–H and O–H groups in total. The normalized spacial score (nSPS) is 10.6. The van der Waals surface area contributed by atoms with Crippen LogP contribution in [0.4, 0.5) is 15.8 Å². The Bertz CT molecular complexity index is 923. The maximum Gasteiger partial charge on any atom is 0.273 e. The Kier molecular flexibility index (Phi) is 3.85. The number of aromatic hydroxyl groups is 1. The van der Waals surface area contributed by atoms with Gasteiger partial charge in [-0.25, -0.2) is 4.39 Å². The maximum absolute atomic E-state index is 14.1. The quantitative estimate of drug-likeness (QED) is 0.550. The van der Waals surface area contributed by atoms with E-state index >= 15 is 0 Å². The number of hydrogen-bond acceptors (Lipinski definition) is 6. The van der Waals surface area contributed by atoms with Gasteiger partial charge in [0, 0.05) is 23.3 Å². The van der Waals surface area contributed by atoms with E-state index in [1.54, 1.807) is 0 Å². The van der Waals surface area contributed by atoms with Crippen LogP contribution in [0, 0.1) is 26.0 Å². The molecule has 0 amide bonds. The summed E-state index contributed by atoms with van der Waals surface area (Å²) in [6.07, 6.45) is 0. The van der Waals surface area contributed by atoms with E-state index in [1.807, 2.05) is 0 Å². The number of phenols is 1. The predicted molar refractivity (Wildman–Crippen MR) is 84.4 cm³/mol. The lowest BCUT2D eigenvalue weighted by Crippen LogP contribution is -1.91. The van der Waals surface area contributed by atoms with Crippen LogP contribution in [0.1, 0.15) is 0 Å². The molecule has 0 saturated heterocycles. The molecule has 10 heteroatoms. The molecule has 9 nitrogen and oxygen atoms in total. The zero-order valence-electron chi connectivity index (χ0n) is 12.3. The molecule has 0 fully saturated rings. The van der Waals surface area contributed by atoms with Gasteiger partial charge >= 0.3 is 0 Å². The van der Waals surface area contributed by atoms with Crippen LogP contribution in [0.5, 0.6) is 5.75 Å². The number of nitrogens with zero attached hydrogens (tertiary/aromatic N) is 3. The van der Waals surface area contributed by atoms with Gasteiger partial charge in [-0.1, -0.05) is 0 Å². The highest BCUT2D eigenvalue weighted by Crippen LogP contribution is 2.33. The molecule has 0 aliphatic rings. The van der Waals surface area contributed by atoms with Crippen LogP contribution in [0.2, 0.25) is 0 Å². The molecule has 0 saturated carbocycles. The topological polar surface area (TPSA) is 135 Å². The first-order chi connectivity index (χ1) is 11.9. The van der Waals surface area contributed by atoms with Crippen LogP contribution >= 0.6 is 0 Å². The molecule has 0 aliphatic carbocycles. The molecule has 0 atom stereocenters. The lowest BCUT2D eigenvalue weighted by Gasteiger charge is -2.01. The number of H-pyrrole nitrogens is 1. The summed E-state index contributed by atoms with van der Waals surface area (Å²) in [5.41, 5.74) is 0.0916. The fourth-order valence-electron chi connectivity index (χ4n) is 2.28. The molecule has 1 aromatic heterocycles. The Balaban J connectivity index is 1.98. The first-order valence-corrected chi connectivity index (χ1v) is 6.84. The highest BCUT2D eigenvalue weighted by Gasteiger charge is 2.17. The number of nitro benzene ring substituents is 2. The third-order valence-corrected chi connectivity index (χ3v) is 3.50. The van der Waals surface area contributed by atoms with Crippen LogP contribution < -0.4 is 0 Å². The van der Waals surface area contributed by atoms with E-state index in [9.17, 15) is 29.7 Å². The molecule has 25 heavy (non-hydrogen) atoms. The Morgan fingerprint density at radius 3 is 2.12 bits per heavy atom. The second-order valence-corrected chi connectivity index (χ2v) is 5.05. The van der Waals surface area contributed by atoms with Gasteiger partial charge in [-0.05, 0) is 18.2 Å². The molecule has 0 aliphatic heterocycles. The molecule has 0 spiro atoms. The van der Waals surface area contributed by atoms with Gasteiger partial charge in [0.1, 0.15) is 11.6 Å². The Hall–Kier alpha value is -3.82. The lowest BCUT2D eigenvalue weighted by atomic mass is 10.1. The number of aromatic nitrogens is 2. The van der Waals surface area contributed by atoms with Crippen LogP contribution in [0.15, 0.2) is 42.5 Å². The van der Waals surface area contributed by atoms with E-state index in [-0.39, 0.29) is 39.6 Å². The standard InChI is InChI=1S/C15H9FN4O5/c16-12-5-8(19(22)23)1-3-10(12)13-7-14(18-17-13)11-4-2-9(20(24)25)6-15(11)21/h1-7,21H,(H,17,18). The first-order valence-electron chi connectivity index (χ1n) is 6.84. The summed E-state index contributed by atoms with van der Waals surface area (Å²) in [7, 11) is 0. The molecular formula is C15H9FN4O5. The van der Waals surface area contributed by atoms with Crippen molar-refractivity contribution in [3.63, 3.8) is 0 Å². The van der Waals surface area contributed by atoms with Crippen LogP contribution in [0.3, 0.4) is 0 Å². The predicted octanol–water partition coefficient (Wildman–Crippen LogP) is 3.40. The van der Waals surface area contributed by atoms with E-state index < -0.39 is 15.7 Å². The van der Waals surface area contributed by atoms with E-state index in [0.717, 1.165) is 18.2 Å². The van der Waals surface area contributed by atoms with Gasteiger partial charge in [0.25, 0.3) is 11.4 Å². The number of phenolic OH excluding ortho intramolecular Hbond substituents is 1. The molecule has 3 aromatic rings. The van der Waals surface area contributed by atoms with Crippen molar-refractivity contribution < 1.29 is 19.3 Å². The summed E-state index contributed by atoms with van der Waals surface area (Å²) in [5.74, 6) is -1.16. The Morgan fingerprint density at radius 2 is 1.56 bits per heavy atom. The van der Waals surface area contributed by atoms with Crippen molar-refractivity contribution in [3.8, 4) is 28.3 Å². The molecular weight excluding hydrogens is 335 g/mol. The van der Waals surface area contributed by atoms with Crippen molar-refractivity contribution in [2.75, 3.05) is 0 Å². The number of halogens is 1. The maximum atomic E-state index is 14.1. The minimum Gasteiger partial charge on any atom is -0.507 e. The minimum atomic E-state index is -0.808. The van der Waals surface area contributed by atoms with Gasteiger partial charge in [-0.15, -0.1) is 0 Å². The van der Waals surface area contributed by atoms with Crippen LogP contribution in [-0.2, 0) is 0 Å². The zero-order chi connectivity index (χ0) is 18.1. The number of hydrogen-bond donors (Lipinski definition) is 2. The van der Waals surface area contributed by atoms with Crippen molar-refractivity contribution in [1.82, 2.24) is 10.2 Å². The molecule has 0 radical (unpaired) electrons. The third kappa shape index (κ3) is 3.00. The van der Waals surface area contributed by atoms with Gasteiger partial charge in [-0.3, -0.25) is 25.3 Å². The number of nitrogens with one attached hydrogen (secondary N) is 1. The average molecular weight is 344 g/mol. The van der Waals surface area contributed by atoms with Crippen molar-refractivity contribution in [1.29, 1.82) is 0 Å². The highest BCUT2D eigenvalue weighted by atomic mass is 19.1. The lowest BCUT2D eigenvalue weighted by molar-refractivity contribution is -0.385. The SMILES string of the molecule is O=[N+]([O-])c1ccc(-c2cc(-c3ccc([N+](=O)[O-])cc3F)[nH]n2)c(O)c1. The molecule has 0 unspecified atom stereocenters. The van der Waals surface area contributed by atoms with Gasteiger partial charge in [-0.2, -0.15) is 5.10 Å². The van der Waals surface area contributed by atoms with E-state index in [1.165, 1.54) is 24.3 Å². The van der Waals surface area contributed by atoms with E-state index in [4.69, 9.17) is 0 Å². The largest absolute Gasteiger partial charge is 0.507 e. The number of rotatable bonds is 4. The van der Waals surface area contributed by atoms with Crippen molar-refractivity contribution in [2.45, 2.75) is 0 Å². The van der Waals surface area contributed by atoms with Crippen molar-refractivity contribution in [2.24, 2.45) is 0 Å². The number of benzene rings is 2. The zero-order valence-corrected chi connectivity index (χ0v) is 12.3. The summed E-state index contributed by atoms with van der Waals surface area (Å²) in [6.45, 7) is 0. The average Bonchev–Trinajstić information content (AvgIpc) is 3.03. The number of non-ortho nitro benzene ring substituents is 2. The summed E-state index contributed by atoms with van der Waals surface area (Å²) in [5, 5.41) is 37.8. The van der Waals surface area contributed by atoms with Gasteiger partial charge < -0.3 is 5.11 Å². The van der Waals surface area contributed by atoms with Crippen LogP contribution in [0.25, 0.3) is 22.5 Å². The summed E-state index contributed by atoms with van der Waals surface area (Å²) in [4.78, 5) is 20.0. The number of nitro groups is 2. The van der Waals surface area contributed by atoms with Crippen LogP contribution in [-0.4, -0.2) is 25.2 Å². The Morgan fingerprint density at radius 1 is 0.960 bits per heavy atom. The fraction of sp³-hybridized carbons (Fsp3) is 0. The molecule has 126 valence electrons. The summed E-state index contributed by atoms with van der Waals surface area (Å²) in [6, 6.07) is 8.11. The second kappa shape index (κ2) is 6.00. The molecule has 2 aromatic carbocycles. The molecule has 0 bridgehead atoms. The van der Waals surface area contributed by atoms with Gasteiger partial charge in [0.15, 0.2) is 0 Å². The van der Waals surface area contributed by atoms with E-state index in [0.29, 0.717) is 0 Å². The molecule has 3 rings (SSSR count). The summed E-state index contributed by atoms with van der Waals surface area (Å²) < 4.78 is 14.1. The first kappa shape index (κ1) is 16.1. The molecule has 1 heterocycles. The highest BCUT2D eigenvalue weighted by molar-refractivity contribution is 5.73. The monoisotopic (exact) mass is 344 g/mol. The van der Waals surface area contributed by atoms with Gasteiger partial charge in [0.2, 0.25) is 0 Å². The Labute approximate surface area is 138 Å². The third-order valence-electron chi connectivity index (χ3n) is 3.50. The fourth-order valence-corrected chi connectivity index (χ4v) is 2.28. The van der Waals surface area contributed by atoms with Crippen molar-refractivity contribution >= 4 is 11.4 Å².